The highest BCUT2D eigenvalue weighted by molar-refractivity contribution is 5.97. The van der Waals surface area contributed by atoms with Gasteiger partial charge in [-0.05, 0) is 48.6 Å². The minimum atomic E-state index is -1.40. The van der Waals surface area contributed by atoms with Gasteiger partial charge in [-0.25, -0.2) is 4.98 Å². The van der Waals surface area contributed by atoms with Gasteiger partial charge < -0.3 is 25.2 Å². The number of carboxylic acid groups (broad SMARTS) is 1. The molecule has 1 heterocycles. The van der Waals surface area contributed by atoms with Crippen LogP contribution < -0.4 is 20.1 Å². The number of aliphatic carboxylic acids is 1. The molecule has 41 heavy (non-hydrogen) atoms. The quantitative estimate of drug-likeness (QED) is 0.251. The number of aromatic nitrogens is 1. The van der Waals surface area contributed by atoms with Gasteiger partial charge in [0, 0.05) is 22.7 Å². The van der Waals surface area contributed by atoms with Crippen LogP contribution in [0.15, 0.2) is 54.7 Å². The predicted molar refractivity (Wildman–Crippen MR) is 150 cm³/mol. The summed E-state index contributed by atoms with van der Waals surface area (Å²) in [4.78, 5) is 66.5. The lowest BCUT2D eigenvalue weighted by atomic mass is 10.0. The van der Waals surface area contributed by atoms with Gasteiger partial charge in [0.25, 0.3) is 0 Å². The standard InChI is InChI=1S/C30H33N3O8/c1-17(2)28(33-26(36)14-21-13-20(18(3)34)9-10-25(21)40-4)29(39)32-23(15-27(37)38)24(35)16-41-30-22-8-6-5-7-19(22)11-12-31-30/h5-13,17,23,28H,14-16H2,1-4H3,(H,32,39)(H,33,36)(H,37,38)/t23?,28-/m0/s1. The fraction of sp³-hybridized carbons (Fsp3) is 0.333. The lowest BCUT2D eigenvalue weighted by Crippen LogP contribution is -2.54. The number of carbonyl (C=O) groups is 5. The Morgan fingerprint density at radius 1 is 1.00 bits per heavy atom. The number of carbonyl (C=O) groups excluding carboxylic acids is 4. The normalized spacial score (nSPS) is 12.3. The molecule has 0 saturated heterocycles. The van der Waals surface area contributed by atoms with E-state index in [-0.39, 0.29) is 18.1 Å². The first-order valence-electron chi connectivity index (χ1n) is 13.0. The van der Waals surface area contributed by atoms with Gasteiger partial charge >= 0.3 is 5.97 Å². The first-order valence-corrected chi connectivity index (χ1v) is 13.0. The number of fused-ring (bicyclic) bond motifs is 1. The monoisotopic (exact) mass is 563 g/mol. The summed E-state index contributed by atoms with van der Waals surface area (Å²) in [6.45, 7) is 4.28. The number of nitrogens with one attached hydrogen (secondary N) is 2. The van der Waals surface area contributed by atoms with E-state index in [1.165, 1.54) is 20.2 Å². The summed E-state index contributed by atoms with van der Waals surface area (Å²) in [5.41, 5.74) is 0.862. The van der Waals surface area contributed by atoms with E-state index in [4.69, 9.17) is 9.47 Å². The Hall–Kier alpha value is -4.80. The Balaban J connectivity index is 1.70. The van der Waals surface area contributed by atoms with Gasteiger partial charge in [0.2, 0.25) is 17.7 Å². The number of pyridine rings is 1. The summed E-state index contributed by atoms with van der Waals surface area (Å²) >= 11 is 0. The minimum Gasteiger partial charge on any atom is -0.496 e. The van der Waals surface area contributed by atoms with E-state index in [1.54, 1.807) is 50.2 Å². The third kappa shape index (κ3) is 8.34. The number of hydrogen-bond acceptors (Lipinski definition) is 8. The van der Waals surface area contributed by atoms with Crippen molar-refractivity contribution in [3.8, 4) is 11.6 Å². The molecule has 0 radical (unpaired) electrons. The van der Waals surface area contributed by atoms with Crippen molar-refractivity contribution in [2.75, 3.05) is 13.7 Å². The summed E-state index contributed by atoms with van der Waals surface area (Å²) in [6, 6.07) is 11.3. The third-order valence-electron chi connectivity index (χ3n) is 6.38. The zero-order valence-electron chi connectivity index (χ0n) is 23.3. The first kappa shape index (κ1) is 30.7. The van der Waals surface area contributed by atoms with Crippen LogP contribution in [0, 0.1) is 5.92 Å². The second-order valence-electron chi connectivity index (χ2n) is 9.80. The molecule has 2 atom stereocenters. The van der Waals surface area contributed by atoms with Gasteiger partial charge in [0.1, 0.15) is 17.8 Å². The van der Waals surface area contributed by atoms with Crippen molar-refractivity contribution >= 4 is 40.1 Å². The zero-order valence-corrected chi connectivity index (χ0v) is 23.3. The SMILES string of the molecule is COc1ccc(C(C)=O)cc1CC(=O)N[C@H](C(=O)NC(CC(=O)O)C(=O)COc1nccc2ccccc12)C(C)C. The molecule has 11 nitrogen and oxygen atoms in total. The van der Waals surface area contributed by atoms with Gasteiger partial charge in [-0.15, -0.1) is 0 Å². The molecule has 0 aliphatic rings. The van der Waals surface area contributed by atoms with Gasteiger partial charge in [0.05, 0.1) is 20.0 Å². The van der Waals surface area contributed by atoms with Crippen molar-refractivity contribution in [3.05, 3.63) is 65.9 Å². The molecular weight excluding hydrogens is 530 g/mol. The lowest BCUT2D eigenvalue weighted by Gasteiger charge is -2.25. The molecule has 216 valence electrons. The van der Waals surface area contributed by atoms with Gasteiger partial charge in [-0.3, -0.25) is 24.0 Å². The van der Waals surface area contributed by atoms with Crippen LogP contribution in [0.2, 0.25) is 0 Å². The Labute approximate surface area is 237 Å². The summed E-state index contributed by atoms with van der Waals surface area (Å²) < 4.78 is 10.9. The van der Waals surface area contributed by atoms with E-state index in [1.807, 2.05) is 12.1 Å². The smallest absolute Gasteiger partial charge is 0.305 e. The fourth-order valence-electron chi connectivity index (χ4n) is 4.20. The Bertz CT molecular complexity index is 1450. The lowest BCUT2D eigenvalue weighted by molar-refractivity contribution is -0.141. The van der Waals surface area contributed by atoms with Crippen molar-refractivity contribution < 1.29 is 38.6 Å². The van der Waals surface area contributed by atoms with E-state index in [2.05, 4.69) is 15.6 Å². The van der Waals surface area contributed by atoms with Crippen LogP contribution in [0.4, 0.5) is 0 Å². The van der Waals surface area contributed by atoms with Crippen LogP contribution in [-0.4, -0.2) is 65.2 Å². The number of methoxy groups -OCH3 is 1. The molecule has 0 aliphatic heterocycles. The van der Waals surface area contributed by atoms with Crippen molar-refractivity contribution in [1.29, 1.82) is 0 Å². The number of nitrogens with zero attached hydrogens (tertiary/aromatic N) is 1. The molecule has 2 aromatic carbocycles. The highest BCUT2D eigenvalue weighted by Crippen LogP contribution is 2.23. The number of hydrogen-bond donors (Lipinski definition) is 3. The Morgan fingerprint density at radius 2 is 1.73 bits per heavy atom. The highest BCUT2D eigenvalue weighted by atomic mass is 16.5. The molecule has 0 spiro atoms. The number of benzene rings is 2. The minimum absolute atomic E-state index is 0.176. The number of rotatable bonds is 14. The molecule has 0 aliphatic carbocycles. The van der Waals surface area contributed by atoms with Gasteiger partial charge in [0.15, 0.2) is 18.2 Å². The molecule has 2 amide bonds. The molecule has 3 aromatic rings. The van der Waals surface area contributed by atoms with Crippen molar-refractivity contribution in [1.82, 2.24) is 15.6 Å². The van der Waals surface area contributed by atoms with E-state index < -0.39 is 54.6 Å². The molecule has 3 N–H and O–H groups in total. The number of Topliss-reactive ketones (excluding diaryl/α,β-unsaturated/α-hetero) is 2. The van der Waals surface area contributed by atoms with E-state index in [0.29, 0.717) is 22.3 Å². The number of amides is 2. The summed E-state index contributed by atoms with van der Waals surface area (Å²) in [5, 5.41) is 16.0. The number of ether oxygens (including phenoxy) is 2. The molecule has 0 bridgehead atoms. The van der Waals surface area contributed by atoms with Crippen molar-refractivity contribution in [2.45, 2.75) is 45.7 Å². The van der Waals surface area contributed by atoms with Crippen molar-refractivity contribution in [2.24, 2.45) is 5.92 Å². The van der Waals surface area contributed by atoms with Crippen LogP contribution in [-0.2, 0) is 25.6 Å². The number of ketones is 2. The van der Waals surface area contributed by atoms with Gasteiger partial charge in [-0.1, -0.05) is 32.0 Å². The topological polar surface area (TPSA) is 161 Å². The van der Waals surface area contributed by atoms with Crippen molar-refractivity contribution in [3.63, 3.8) is 0 Å². The molecule has 0 fully saturated rings. The Morgan fingerprint density at radius 3 is 2.39 bits per heavy atom. The number of carboxylic acids is 1. The maximum absolute atomic E-state index is 13.2. The van der Waals surface area contributed by atoms with Crippen LogP contribution in [0.3, 0.4) is 0 Å². The molecular formula is C30H33N3O8. The third-order valence-corrected chi connectivity index (χ3v) is 6.38. The van der Waals surface area contributed by atoms with Gasteiger partial charge in [-0.2, -0.15) is 0 Å². The van der Waals surface area contributed by atoms with E-state index >= 15 is 0 Å². The summed E-state index contributed by atoms with van der Waals surface area (Å²) in [5.74, 6) is -3.18. The molecule has 11 heteroatoms. The summed E-state index contributed by atoms with van der Waals surface area (Å²) in [7, 11) is 1.44. The van der Waals surface area contributed by atoms with Crippen LogP contribution >= 0.6 is 0 Å². The second-order valence-corrected chi connectivity index (χ2v) is 9.80. The molecule has 1 unspecified atom stereocenters. The maximum Gasteiger partial charge on any atom is 0.305 e. The Kier molecular flexibility index (Phi) is 10.5. The molecule has 0 saturated carbocycles. The first-order chi connectivity index (χ1) is 19.5. The largest absolute Gasteiger partial charge is 0.496 e. The summed E-state index contributed by atoms with van der Waals surface area (Å²) in [6.07, 6.45) is 0.676. The van der Waals surface area contributed by atoms with Crippen LogP contribution in [0.25, 0.3) is 10.8 Å². The fourth-order valence-corrected chi connectivity index (χ4v) is 4.20. The maximum atomic E-state index is 13.2. The van der Waals surface area contributed by atoms with E-state index in [9.17, 15) is 29.1 Å². The molecule has 1 aromatic heterocycles. The second kappa shape index (κ2) is 14.0. The molecule has 3 rings (SSSR count). The highest BCUT2D eigenvalue weighted by Gasteiger charge is 2.30. The van der Waals surface area contributed by atoms with E-state index in [0.717, 1.165) is 5.39 Å². The van der Waals surface area contributed by atoms with Crippen LogP contribution in [0.5, 0.6) is 11.6 Å². The van der Waals surface area contributed by atoms with Crippen LogP contribution in [0.1, 0.15) is 43.1 Å². The zero-order chi connectivity index (χ0) is 30.1. The average Bonchev–Trinajstić information content (AvgIpc) is 2.93. The predicted octanol–water partition coefficient (Wildman–Crippen LogP) is 2.74. The average molecular weight is 564 g/mol.